The highest BCUT2D eigenvalue weighted by atomic mass is 16.5. The zero-order valence-electron chi connectivity index (χ0n) is 10.2. The van der Waals surface area contributed by atoms with Crippen molar-refractivity contribution >= 4 is 0 Å². The fraction of sp³-hybridized carbons (Fsp3) is 0.571. The zero-order valence-corrected chi connectivity index (χ0v) is 10.2. The van der Waals surface area contributed by atoms with Crippen LogP contribution in [-0.4, -0.2) is 20.7 Å². The Labute approximate surface area is 98.0 Å². The molecule has 2 heteroatoms. The van der Waals surface area contributed by atoms with Crippen molar-refractivity contribution in [2.45, 2.75) is 19.3 Å². The second kappa shape index (κ2) is 5.35. The molecule has 1 aliphatic rings. The van der Waals surface area contributed by atoms with Crippen molar-refractivity contribution < 1.29 is 4.74 Å². The van der Waals surface area contributed by atoms with Gasteiger partial charge in [-0.05, 0) is 56.3 Å². The maximum atomic E-state index is 5.40. The van der Waals surface area contributed by atoms with E-state index in [9.17, 15) is 0 Å². The Bertz CT molecular complexity index is 333. The van der Waals surface area contributed by atoms with E-state index in [1.54, 1.807) is 7.11 Å². The molecule has 1 unspecified atom stereocenters. The monoisotopic (exact) mass is 219 g/mol. The molecule has 1 aromatic rings. The summed E-state index contributed by atoms with van der Waals surface area (Å²) in [6.07, 6.45) is 3.94. The molecule has 0 bridgehead atoms. The predicted molar refractivity (Wildman–Crippen MR) is 66.8 cm³/mol. The van der Waals surface area contributed by atoms with Crippen molar-refractivity contribution in [1.29, 1.82) is 0 Å². The summed E-state index contributed by atoms with van der Waals surface area (Å²) in [6, 6.07) is 8.37. The minimum atomic E-state index is 0.765. The van der Waals surface area contributed by atoms with Crippen molar-refractivity contribution in [3.8, 4) is 5.75 Å². The maximum absolute atomic E-state index is 5.40. The largest absolute Gasteiger partial charge is 0.496 e. The molecule has 1 fully saturated rings. The highest BCUT2D eigenvalue weighted by Crippen LogP contribution is 2.39. The summed E-state index contributed by atoms with van der Waals surface area (Å²) < 4.78 is 5.40. The Morgan fingerprint density at radius 1 is 1.38 bits per heavy atom. The SMILES string of the molecule is CNCC(Cc1ccccc1OC)C1CC1. The van der Waals surface area contributed by atoms with Crippen LogP contribution < -0.4 is 10.1 Å². The molecule has 0 spiro atoms. The third kappa shape index (κ3) is 2.76. The van der Waals surface area contributed by atoms with Crippen molar-refractivity contribution in [3.05, 3.63) is 29.8 Å². The lowest BCUT2D eigenvalue weighted by Gasteiger charge is -2.17. The van der Waals surface area contributed by atoms with Gasteiger partial charge in [0.15, 0.2) is 0 Å². The van der Waals surface area contributed by atoms with E-state index in [4.69, 9.17) is 4.74 Å². The Balaban J connectivity index is 2.05. The normalized spacial score (nSPS) is 17.1. The van der Waals surface area contributed by atoms with Crippen LogP contribution in [0.4, 0.5) is 0 Å². The summed E-state index contributed by atoms with van der Waals surface area (Å²) >= 11 is 0. The standard InChI is InChI=1S/C14H21NO/c1-15-10-13(11-7-8-11)9-12-5-3-4-6-14(12)16-2/h3-6,11,13,15H,7-10H2,1-2H3. The Hall–Kier alpha value is -1.02. The summed E-state index contributed by atoms with van der Waals surface area (Å²) in [5.41, 5.74) is 1.34. The smallest absolute Gasteiger partial charge is 0.122 e. The van der Waals surface area contributed by atoms with E-state index in [0.717, 1.165) is 30.6 Å². The quantitative estimate of drug-likeness (QED) is 0.793. The van der Waals surface area contributed by atoms with Crippen molar-refractivity contribution in [2.75, 3.05) is 20.7 Å². The second-order valence-electron chi connectivity index (χ2n) is 4.67. The fourth-order valence-electron chi connectivity index (χ4n) is 2.39. The molecule has 1 saturated carbocycles. The Kier molecular flexibility index (Phi) is 3.83. The van der Waals surface area contributed by atoms with Gasteiger partial charge in [-0.1, -0.05) is 18.2 Å². The van der Waals surface area contributed by atoms with Gasteiger partial charge in [-0.25, -0.2) is 0 Å². The Morgan fingerprint density at radius 3 is 2.75 bits per heavy atom. The maximum Gasteiger partial charge on any atom is 0.122 e. The lowest BCUT2D eigenvalue weighted by Crippen LogP contribution is -2.22. The number of ether oxygens (including phenoxy) is 1. The lowest BCUT2D eigenvalue weighted by atomic mass is 9.94. The molecule has 0 radical (unpaired) electrons. The number of hydrogen-bond acceptors (Lipinski definition) is 2. The number of methoxy groups -OCH3 is 1. The molecular formula is C14H21NO. The molecule has 0 heterocycles. The summed E-state index contributed by atoms with van der Waals surface area (Å²) in [6.45, 7) is 1.11. The molecule has 1 atom stereocenters. The van der Waals surface area contributed by atoms with E-state index < -0.39 is 0 Å². The summed E-state index contributed by atoms with van der Waals surface area (Å²) in [4.78, 5) is 0. The fourth-order valence-corrected chi connectivity index (χ4v) is 2.39. The third-order valence-electron chi connectivity index (χ3n) is 3.43. The Morgan fingerprint density at radius 2 is 2.12 bits per heavy atom. The van der Waals surface area contributed by atoms with Crippen molar-refractivity contribution in [1.82, 2.24) is 5.32 Å². The molecule has 0 amide bonds. The lowest BCUT2D eigenvalue weighted by molar-refractivity contribution is 0.393. The molecular weight excluding hydrogens is 198 g/mol. The van der Waals surface area contributed by atoms with E-state index in [-0.39, 0.29) is 0 Å². The number of hydrogen-bond donors (Lipinski definition) is 1. The average molecular weight is 219 g/mol. The van der Waals surface area contributed by atoms with Gasteiger partial charge < -0.3 is 10.1 Å². The summed E-state index contributed by atoms with van der Waals surface area (Å²) in [5, 5.41) is 3.31. The van der Waals surface area contributed by atoms with E-state index in [2.05, 4.69) is 23.5 Å². The first-order valence-corrected chi connectivity index (χ1v) is 6.11. The number of benzene rings is 1. The molecule has 2 rings (SSSR count). The van der Waals surface area contributed by atoms with E-state index in [1.807, 2.05) is 13.1 Å². The first kappa shape index (κ1) is 11.5. The number of para-hydroxylation sites is 1. The number of rotatable bonds is 6. The summed E-state index contributed by atoms with van der Waals surface area (Å²) in [5.74, 6) is 2.72. The van der Waals surface area contributed by atoms with Gasteiger partial charge in [0, 0.05) is 0 Å². The molecule has 1 aromatic carbocycles. The van der Waals surface area contributed by atoms with Crippen LogP contribution in [0, 0.1) is 11.8 Å². The van der Waals surface area contributed by atoms with Gasteiger partial charge in [0.1, 0.15) is 5.75 Å². The van der Waals surface area contributed by atoms with Crippen LogP contribution in [0.1, 0.15) is 18.4 Å². The first-order chi connectivity index (χ1) is 7.85. The molecule has 0 saturated heterocycles. The zero-order chi connectivity index (χ0) is 11.4. The molecule has 16 heavy (non-hydrogen) atoms. The first-order valence-electron chi connectivity index (χ1n) is 6.11. The second-order valence-corrected chi connectivity index (χ2v) is 4.67. The van der Waals surface area contributed by atoms with E-state index in [0.29, 0.717) is 0 Å². The predicted octanol–water partition coefficient (Wildman–Crippen LogP) is 2.48. The minimum absolute atomic E-state index is 0.765. The van der Waals surface area contributed by atoms with Crippen LogP contribution in [0.2, 0.25) is 0 Å². The molecule has 0 aliphatic heterocycles. The van der Waals surface area contributed by atoms with Gasteiger partial charge in [-0.2, -0.15) is 0 Å². The van der Waals surface area contributed by atoms with Crippen LogP contribution in [0.15, 0.2) is 24.3 Å². The molecule has 0 aromatic heterocycles. The number of nitrogens with one attached hydrogen (secondary N) is 1. The molecule has 88 valence electrons. The van der Waals surface area contributed by atoms with Gasteiger partial charge in [0.05, 0.1) is 7.11 Å². The van der Waals surface area contributed by atoms with Crippen LogP contribution in [-0.2, 0) is 6.42 Å². The molecule has 1 aliphatic carbocycles. The van der Waals surface area contributed by atoms with Gasteiger partial charge in [-0.3, -0.25) is 0 Å². The summed E-state index contributed by atoms with van der Waals surface area (Å²) in [7, 11) is 3.79. The van der Waals surface area contributed by atoms with E-state index in [1.165, 1.54) is 18.4 Å². The highest BCUT2D eigenvalue weighted by Gasteiger charge is 2.31. The minimum Gasteiger partial charge on any atom is -0.496 e. The van der Waals surface area contributed by atoms with Crippen LogP contribution in [0.25, 0.3) is 0 Å². The van der Waals surface area contributed by atoms with Crippen LogP contribution >= 0.6 is 0 Å². The van der Waals surface area contributed by atoms with Gasteiger partial charge in [0.25, 0.3) is 0 Å². The van der Waals surface area contributed by atoms with Crippen molar-refractivity contribution in [2.24, 2.45) is 11.8 Å². The molecule has 2 nitrogen and oxygen atoms in total. The van der Waals surface area contributed by atoms with E-state index >= 15 is 0 Å². The van der Waals surface area contributed by atoms with Crippen LogP contribution in [0.5, 0.6) is 5.75 Å². The van der Waals surface area contributed by atoms with Gasteiger partial charge in [-0.15, -0.1) is 0 Å². The van der Waals surface area contributed by atoms with Crippen molar-refractivity contribution in [3.63, 3.8) is 0 Å². The third-order valence-corrected chi connectivity index (χ3v) is 3.43. The average Bonchev–Trinajstić information content (AvgIpc) is 3.13. The highest BCUT2D eigenvalue weighted by molar-refractivity contribution is 5.33. The van der Waals surface area contributed by atoms with Gasteiger partial charge >= 0.3 is 0 Å². The topological polar surface area (TPSA) is 21.3 Å². The van der Waals surface area contributed by atoms with Crippen LogP contribution in [0.3, 0.4) is 0 Å². The molecule has 1 N–H and O–H groups in total. The van der Waals surface area contributed by atoms with Gasteiger partial charge in [0.2, 0.25) is 0 Å².